The van der Waals surface area contributed by atoms with Gasteiger partial charge in [0.2, 0.25) is 0 Å². The van der Waals surface area contributed by atoms with Crippen LogP contribution >= 0.6 is 0 Å². The molecule has 1 N–H and O–H groups in total. The van der Waals surface area contributed by atoms with Gasteiger partial charge in [0.05, 0.1) is 0 Å². The second-order valence-corrected chi connectivity index (χ2v) is 12.8. The van der Waals surface area contributed by atoms with Crippen molar-refractivity contribution < 1.29 is 4.80 Å². The predicted octanol–water partition coefficient (Wildman–Crippen LogP) is 5.39. The minimum absolute atomic E-state index is 0.292. The minimum Gasteiger partial charge on any atom is -0.424 e. The van der Waals surface area contributed by atoms with Crippen molar-refractivity contribution in [3.05, 3.63) is 93.5 Å². The Kier molecular flexibility index (Phi) is 5.28. The number of hydrogen-bond acceptors (Lipinski definition) is 1. The Bertz CT molecular complexity index is 995. The zero-order chi connectivity index (χ0) is 21.8. The Balaban J connectivity index is 1.99. The first-order valence-corrected chi connectivity index (χ1v) is 13.1. The highest BCUT2D eigenvalue weighted by molar-refractivity contribution is 6.99. The summed E-state index contributed by atoms with van der Waals surface area (Å²) < 4.78 is 0. The van der Waals surface area contributed by atoms with Gasteiger partial charge in [-0.25, -0.2) is 0 Å². The highest BCUT2D eigenvalue weighted by Gasteiger charge is 2.63. The van der Waals surface area contributed by atoms with Crippen LogP contribution in [0.5, 0.6) is 0 Å². The smallest absolute Gasteiger partial charge is 0.257 e. The van der Waals surface area contributed by atoms with Crippen molar-refractivity contribution in [2.24, 2.45) is 5.92 Å². The molecule has 1 nitrogen and oxygen atoms in total. The van der Waals surface area contributed by atoms with E-state index in [0.717, 1.165) is 0 Å². The highest BCUT2D eigenvalue weighted by Crippen LogP contribution is 2.63. The first-order valence-electron chi connectivity index (χ1n) is 11.1. The number of aryl methyl sites for hydroxylation is 6. The number of rotatable bonds is 4. The average Bonchev–Trinajstić information content (AvgIpc) is 3.32. The Morgan fingerprint density at radius 3 is 1.47 bits per heavy atom. The third kappa shape index (κ3) is 3.27. The van der Waals surface area contributed by atoms with E-state index in [0.29, 0.717) is 17.4 Å². The van der Waals surface area contributed by atoms with Gasteiger partial charge in [-0.3, -0.25) is 0 Å². The molecule has 0 amide bonds. The standard InChI is InChI=1S/C28H34OSi/c1-17-13-19(3)26(20(4)14-17)30(29,27-21(5)15-18(2)16-22(27)6)28-23(7)25(28)24-11-9-8-10-12-24/h8-16,23,25,28-29H,1-7H3/t23-,25+,28+/m1/s1. The number of hydrogen-bond donors (Lipinski definition) is 1. The summed E-state index contributed by atoms with van der Waals surface area (Å²) in [5.41, 5.74) is 9.17. The molecule has 3 atom stereocenters. The summed E-state index contributed by atoms with van der Waals surface area (Å²) in [5.74, 6) is 0.896. The van der Waals surface area contributed by atoms with Gasteiger partial charge in [0.1, 0.15) is 0 Å². The highest BCUT2D eigenvalue weighted by atomic mass is 28.4. The topological polar surface area (TPSA) is 20.2 Å². The van der Waals surface area contributed by atoms with E-state index in [-0.39, 0.29) is 0 Å². The van der Waals surface area contributed by atoms with Crippen molar-refractivity contribution in [3.8, 4) is 0 Å². The van der Waals surface area contributed by atoms with E-state index in [9.17, 15) is 4.80 Å². The maximum Gasteiger partial charge on any atom is 0.257 e. The van der Waals surface area contributed by atoms with Gasteiger partial charge in [-0.05, 0) is 97.1 Å². The molecule has 3 aromatic carbocycles. The number of benzene rings is 3. The van der Waals surface area contributed by atoms with Crippen LogP contribution in [0.4, 0.5) is 0 Å². The second-order valence-electron chi connectivity index (χ2n) is 9.64. The Hall–Kier alpha value is -2.16. The largest absolute Gasteiger partial charge is 0.424 e. The van der Waals surface area contributed by atoms with Crippen LogP contribution in [0.25, 0.3) is 0 Å². The van der Waals surface area contributed by atoms with Crippen LogP contribution in [0.1, 0.15) is 51.8 Å². The van der Waals surface area contributed by atoms with Crippen molar-refractivity contribution in [1.82, 2.24) is 0 Å². The van der Waals surface area contributed by atoms with E-state index in [2.05, 4.69) is 103 Å². The SMILES string of the molecule is Cc1cc(C)c([Si](O)(c2c(C)cc(C)cc2C)[C@H]2[C@H](C)[C@H]2c2ccccc2)c(C)c1. The van der Waals surface area contributed by atoms with Gasteiger partial charge in [0.25, 0.3) is 8.32 Å². The molecule has 1 aliphatic carbocycles. The molecule has 0 heterocycles. The van der Waals surface area contributed by atoms with Gasteiger partial charge in [-0.2, -0.15) is 0 Å². The van der Waals surface area contributed by atoms with E-state index in [1.54, 1.807) is 0 Å². The lowest BCUT2D eigenvalue weighted by molar-refractivity contribution is 0.557. The molecule has 1 saturated carbocycles. The minimum atomic E-state index is -3.00. The Labute approximate surface area is 182 Å². The molecule has 156 valence electrons. The van der Waals surface area contributed by atoms with E-state index in [1.165, 1.54) is 49.3 Å². The molecular formula is C28H34OSi. The fraction of sp³-hybridized carbons (Fsp3) is 0.357. The maximum absolute atomic E-state index is 12.9. The molecule has 3 aromatic rings. The third-order valence-electron chi connectivity index (χ3n) is 7.16. The zero-order valence-corrected chi connectivity index (χ0v) is 20.4. The fourth-order valence-electron chi connectivity index (χ4n) is 6.31. The molecule has 0 radical (unpaired) electrons. The van der Waals surface area contributed by atoms with Gasteiger partial charge in [0, 0.05) is 0 Å². The summed E-state index contributed by atoms with van der Waals surface area (Å²) in [7, 11) is -3.00. The van der Waals surface area contributed by atoms with Gasteiger partial charge >= 0.3 is 0 Å². The molecule has 1 aliphatic rings. The van der Waals surface area contributed by atoms with Crippen molar-refractivity contribution in [3.63, 3.8) is 0 Å². The van der Waals surface area contributed by atoms with Gasteiger partial charge < -0.3 is 4.80 Å². The molecule has 0 unspecified atom stereocenters. The molecule has 0 spiro atoms. The first kappa shape index (κ1) is 21.1. The van der Waals surface area contributed by atoms with Crippen LogP contribution in [0, 0.1) is 47.5 Å². The Morgan fingerprint density at radius 1 is 0.667 bits per heavy atom. The lowest BCUT2D eigenvalue weighted by Crippen LogP contribution is -2.63. The lowest BCUT2D eigenvalue weighted by atomic mass is 10.1. The van der Waals surface area contributed by atoms with Crippen LogP contribution in [0.2, 0.25) is 5.54 Å². The van der Waals surface area contributed by atoms with Gasteiger partial charge in [-0.15, -0.1) is 0 Å². The summed E-state index contributed by atoms with van der Waals surface area (Å²) >= 11 is 0. The summed E-state index contributed by atoms with van der Waals surface area (Å²) in [4.78, 5) is 12.9. The summed E-state index contributed by atoms with van der Waals surface area (Å²) in [6.07, 6.45) is 0. The lowest BCUT2D eigenvalue weighted by Gasteiger charge is -2.33. The molecular weight excluding hydrogens is 380 g/mol. The molecule has 2 heteroatoms. The van der Waals surface area contributed by atoms with Crippen LogP contribution in [-0.4, -0.2) is 13.1 Å². The van der Waals surface area contributed by atoms with E-state index >= 15 is 0 Å². The molecule has 0 bridgehead atoms. The van der Waals surface area contributed by atoms with Crippen molar-refractivity contribution in [2.75, 3.05) is 0 Å². The van der Waals surface area contributed by atoms with Crippen molar-refractivity contribution >= 4 is 18.7 Å². The van der Waals surface area contributed by atoms with Crippen LogP contribution in [0.15, 0.2) is 54.6 Å². The van der Waals surface area contributed by atoms with Crippen LogP contribution < -0.4 is 10.4 Å². The van der Waals surface area contributed by atoms with Gasteiger partial charge in [-0.1, -0.05) is 72.6 Å². The molecule has 0 aromatic heterocycles. The fourth-order valence-corrected chi connectivity index (χ4v) is 11.8. The Morgan fingerprint density at radius 2 is 1.07 bits per heavy atom. The van der Waals surface area contributed by atoms with Crippen LogP contribution in [-0.2, 0) is 0 Å². The second kappa shape index (κ2) is 7.51. The molecule has 0 aliphatic heterocycles. The molecule has 30 heavy (non-hydrogen) atoms. The monoisotopic (exact) mass is 414 g/mol. The normalized spacial score (nSPS) is 21.0. The van der Waals surface area contributed by atoms with Crippen molar-refractivity contribution in [2.45, 2.75) is 59.9 Å². The third-order valence-corrected chi connectivity index (χ3v) is 12.1. The predicted molar refractivity (Wildman–Crippen MR) is 131 cm³/mol. The molecule has 1 fully saturated rings. The molecule has 0 saturated heterocycles. The maximum atomic E-state index is 12.9. The zero-order valence-electron chi connectivity index (χ0n) is 19.4. The average molecular weight is 415 g/mol. The van der Waals surface area contributed by atoms with E-state index in [4.69, 9.17) is 0 Å². The van der Waals surface area contributed by atoms with E-state index in [1.807, 2.05) is 0 Å². The summed E-state index contributed by atoms with van der Waals surface area (Å²) in [6.45, 7) is 15.4. The van der Waals surface area contributed by atoms with Crippen molar-refractivity contribution in [1.29, 1.82) is 0 Å². The van der Waals surface area contributed by atoms with Gasteiger partial charge in [0.15, 0.2) is 0 Å². The van der Waals surface area contributed by atoms with E-state index < -0.39 is 8.32 Å². The van der Waals surface area contributed by atoms with Crippen LogP contribution in [0.3, 0.4) is 0 Å². The first-order chi connectivity index (χ1) is 14.2. The summed E-state index contributed by atoms with van der Waals surface area (Å²) in [5, 5.41) is 2.47. The quantitative estimate of drug-likeness (QED) is 0.567. The summed E-state index contributed by atoms with van der Waals surface area (Å²) in [6, 6.07) is 19.8. The molecule has 4 rings (SSSR count).